The molecule has 1 aliphatic carbocycles. The van der Waals surface area contributed by atoms with E-state index in [1.807, 2.05) is 0 Å². The number of aliphatic carboxylic acids is 3. The average Bonchev–Trinajstić information content (AvgIpc) is 2.29. The number of quaternary nitrogens is 1. The van der Waals surface area contributed by atoms with E-state index in [1.54, 1.807) is 0 Å². The van der Waals surface area contributed by atoms with Gasteiger partial charge in [0.15, 0.2) is 5.54 Å². The fraction of sp³-hybridized carbons (Fsp3) is 0.727. The van der Waals surface area contributed by atoms with E-state index in [2.05, 4.69) is 5.73 Å². The largest absolute Gasteiger partial charge is 0.550 e. The molecule has 1 saturated carbocycles. The Hall–Kier alpha value is -1.67. The Balaban J connectivity index is 0.000000344. The quantitative estimate of drug-likeness (QED) is 0.441. The summed E-state index contributed by atoms with van der Waals surface area (Å²) >= 11 is 0. The molecule has 1 rings (SSSR count). The van der Waals surface area contributed by atoms with Gasteiger partial charge in [0.25, 0.3) is 0 Å². The number of carboxylic acids is 3. The van der Waals surface area contributed by atoms with E-state index in [4.69, 9.17) is 15.9 Å². The second-order valence-electron chi connectivity index (χ2n) is 4.67. The molecule has 0 heterocycles. The van der Waals surface area contributed by atoms with Crippen molar-refractivity contribution in [1.82, 2.24) is 0 Å². The SMILES string of the molecule is N[C@@H](CC(=O)[O-])C(=O)O.[NH3+]C1(C(=O)O)CCCCC1. The third-order valence-electron chi connectivity index (χ3n) is 2.97. The first kappa shape index (κ1) is 17.3. The lowest BCUT2D eigenvalue weighted by molar-refractivity contribution is -0.468. The van der Waals surface area contributed by atoms with Gasteiger partial charge in [-0.1, -0.05) is 6.42 Å². The molecule has 1 aliphatic rings. The molecule has 0 bridgehead atoms. The summed E-state index contributed by atoms with van der Waals surface area (Å²) in [5.74, 6) is -3.52. The van der Waals surface area contributed by atoms with Crippen LogP contribution in [-0.2, 0) is 14.4 Å². The van der Waals surface area contributed by atoms with Crippen molar-refractivity contribution in [3.8, 4) is 0 Å². The molecule has 1 atom stereocenters. The van der Waals surface area contributed by atoms with Gasteiger partial charge in [-0.15, -0.1) is 0 Å². The minimum atomic E-state index is -1.45. The zero-order valence-electron chi connectivity index (χ0n) is 10.6. The molecule has 0 aromatic heterocycles. The minimum Gasteiger partial charge on any atom is -0.550 e. The summed E-state index contributed by atoms with van der Waals surface area (Å²) in [6, 6.07) is -1.35. The van der Waals surface area contributed by atoms with Crippen LogP contribution in [0.1, 0.15) is 38.5 Å². The van der Waals surface area contributed by atoms with Gasteiger partial charge in [-0.05, 0) is 12.8 Å². The third-order valence-corrected chi connectivity index (χ3v) is 2.97. The first-order valence-electron chi connectivity index (χ1n) is 5.96. The number of carboxylic acid groups (broad SMARTS) is 3. The summed E-state index contributed by atoms with van der Waals surface area (Å²) in [6.07, 6.45) is 4.08. The number of nitrogens with two attached hydrogens (primary N) is 1. The standard InChI is InChI=1S/C7H13NO2.C4H7NO4/c8-7(6(9)10)4-2-1-3-5-7;5-2(4(8)9)1-3(6)7/h1-5,8H2,(H,9,10);2H,1,5H2,(H,6,7)(H,8,9)/t;2-/m.0/s1. The zero-order valence-corrected chi connectivity index (χ0v) is 10.6. The maximum atomic E-state index is 10.6. The van der Waals surface area contributed by atoms with Crippen LogP contribution in [0.2, 0.25) is 0 Å². The van der Waals surface area contributed by atoms with Crippen LogP contribution >= 0.6 is 0 Å². The topological polar surface area (TPSA) is 168 Å². The van der Waals surface area contributed by atoms with Gasteiger partial charge in [-0.25, -0.2) is 4.79 Å². The van der Waals surface area contributed by atoms with Crippen LogP contribution in [0.4, 0.5) is 0 Å². The summed E-state index contributed by atoms with van der Waals surface area (Å²) in [4.78, 5) is 30.1. The molecule has 0 saturated heterocycles. The van der Waals surface area contributed by atoms with Gasteiger partial charge in [-0.3, -0.25) is 4.79 Å². The molecule has 7 N–H and O–H groups in total. The fourth-order valence-corrected chi connectivity index (χ4v) is 1.71. The Labute approximate surface area is 110 Å². The molecular weight excluding hydrogens is 256 g/mol. The first-order chi connectivity index (χ1) is 8.69. The summed E-state index contributed by atoms with van der Waals surface area (Å²) in [6.45, 7) is 0. The Morgan fingerprint density at radius 3 is 1.89 bits per heavy atom. The molecule has 0 spiro atoms. The van der Waals surface area contributed by atoms with Gasteiger partial charge in [-0.2, -0.15) is 0 Å². The average molecular weight is 276 g/mol. The van der Waals surface area contributed by atoms with Crippen molar-refractivity contribution in [3.05, 3.63) is 0 Å². The maximum Gasteiger partial charge on any atom is 0.365 e. The van der Waals surface area contributed by atoms with E-state index in [-0.39, 0.29) is 0 Å². The molecule has 0 unspecified atom stereocenters. The lowest BCUT2D eigenvalue weighted by atomic mass is 9.83. The van der Waals surface area contributed by atoms with E-state index in [0.717, 1.165) is 25.7 Å². The summed E-state index contributed by atoms with van der Waals surface area (Å²) < 4.78 is 0. The molecule has 8 heteroatoms. The highest BCUT2D eigenvalue weighted by molar-refractivity contribution is 5.79. The van der Waals surface area contributed by atoms with Gasteiger partial charge in [0, 0.05) is 25.2 Å². The predicted molar refractivity (Wildman–Crippen MR) is 61.6 cm³/mol. The van der Waals surface area contributed by atoms with Crippen molar-refractivity contribution in [3.63, 3.8) is 0 Å². The Kier molecular flexibility index (Phi) is 7.02. The van der Waals surface area contributed by atoms with Crippen LogP contribution in [0.5, 0.6) is 0 Å². The fourth-order valence-electron chi connectivity index (χ4n) is 1.71. The highest BCUT2D eigenvalue weighted by atomic mass is 16.4. The van der Waals surface area contributed by atoms with E-state index >= 15 is 0 Å². The van der Waals surface area contributed by atoms with Crippen LogP contribution in [0.15, 0.2) is 0 Å². The Morgan fingerprint density at radius 1 is 1.21 bits per heavy atom. The van der Waals surface area contributed by atoms with Crippen LogP contribution in [0.3, 0.4) is 0 Å². The molecule has 19 heavy (non-hydrogen) atoms. The molecule has 0 aromatic rings. The molecular formula is C11H20N2O6. The minimum absolute atomic E-state index is 0.644. The Bertz CT molecular complexity index is 338. The molecule has 1 fully saturated rings. The van der Waals surface area contributed by atoms with E-state index in [9.17, 15) is 19.5 Å². The Morgan fingerprint density at radius 2 is 1.68 bits per heavy atom. The van der Waals surface area contributed by atoms with Gasteiger partial charge in [0.1, 0.15) is 6.04 Å². The summed E-state index contributed by atoms with van der Waals surface area (Å²) in [7, 11) is 0. The second kappa shape index (κ2) is 7.70. The van der Waals surface area contributed by atoms with Gasteiger partial charge in [0.05, 0.1) is 0 Å². The molecule has 0 aromatic carbocycles. The highest BCUT2D eigenvalue weighted by Gasteiger charge is 2.39. The molecule has 0 radical (unpaired) electrons. The number of hydrogen-bond donors (Lipinski definition) is 4. The van der Waals surface area contributed by atoms with E-state index in [0.29, 0.717) is 0 Å². The van der Waals surface area contributed by atoms with Crippen molar-refractivity contribution in [2.75, 3.05) is 0 Å². The molecule has 8 nitrogen and oxygen atoms in total. The zero-order chi connectivity index (χ0) is 15.1. The van der Waals surface area contributed by atoms with Gasteiger partial charge >= 0.3 is 11.9 Å². The summed E-state index contributed by atoms with van der Waals surface area (Å²) in [5.41, 5.74) is 7.87. The highest BCUT2D eigenvalue weighted by Crippen LogP contribution is 2.23. The normalized spacial score (nSPS) is 18.6. The van der Waals surface area contributed by atoms with Crippen LogP contribution in [0.25, 0.3) is 0 Å². The predicted octanol–water partition coefficient (Wildman–Crippen LogP) is -2.45. The second-order valence-corrected chi connectivity index (χ2v) is 4.67. The van der Waals surface area contributed by atoms with Crippen molar-refractivity contribution >= 4 is 17.9 Å². The molecule has 110 valence electrons. The van der Waals surface area contributed by atoms with Crippen LogP contribution in [-0.4, -0.2) is 39.7 Å². The van der Waals surface area contributed by atoms with Crippen molar-refractivity contribution in [2.45, 2.75) is 50.1 Å². The number of hydrogen-bond acceptors (Lipinski definition) is 5. The maximum absolute atomic E-state index is 10.6. The smallest absolute Gasteiger partial charge is 0.365 e. The lowest BCUT2D eigenvalue weighted by Crippen LogP contribution is -2.77. The van der Waals surface area contributed by atoms with Crippen molar-refractivity contribution in [2.24, 2.45) is 5.73 Å². The van der Waals surface area contributed by atoms with Crippen molar-refractivity contribution < 1.29 is 35.4 Å². The van der Waals surface area contributed by atoms with Crippen LogP contribution in [0, 0.1) is 0 Å². The van der Waals surface area contributed by atoms with E-state index < -0.39 is 35.9 Å². The molecule has 0 amide bonds. The van der Waals surface area contributed by atoms with Crippen molar-refractivity contribution in [1.29, 1.82) is 0 Å². The van der Waals surface area contributed by atoms with Gasteiger partial charge < -0.3 is 31.6 Å². The first-order valence-corrected chi connectivity index (χ1v) is 5.96. The molecule has 0 aliphatic heterocycles. The van der Waals surface area contributed by atoms with Crippen LogP contribution < -0.4 is 16.6 Å². The number of carbonyl (C=O) groups excluding carboxylic acids is 1. The summed E-state index contributed by atoms with van der Waals surface area (Å²) in [5, 5.41) is 26.4. The van der Waals surface area contributed by atoms with E-state index in [1.165, 1.54) is 6.42 Å². The lowest BCUT2D eigenvalue weighted by Gasteiger charge is -2.24. The third kappa shape index (κ3) is 6.73. The van der Waals surface area contributed by atoms with Gasteiger partial charge in [0.2, 0.25) is 0 Å². The monoisotopic (exact) mass is 276 g/mol. The number of carbonyl (C=O) groups is 3. The number of rotatable bonds is 4.